The molecule has 98 valence electrons. The van der Waals surface area contributed by atoms with E-state index in [4.69, 9.17) is 5.73 Å². The summed E-state index contributed by atoms with van der Waals surface area (Å²) in [7, 11) is 0. The number of anilines is 1. The van der Waals surface area contributed by atoms with Crippen LogP contribution in [0.1, 0.15) is 18.7 Å². The van der Waals surface area contributed by atoms with E-state index in [1.807, 2.05) is 0 Å². The maximum Gasteiger partial charge on any atom is 0.389 e. The van der Waals surface area contributed by atoms with Crippen LogP contribution in [0.2, 0.25) is 0 Å². The van der Waals surface area contributed by atoms with Gasteiger partial charge in [-0.2, -0.15) is 13.2 Å². The third-order valence-electron chi connectivity index (χ3n) is 2.81. The molecule has 6 heteroatoms. The number of aromatic nitrogens is 2. The number of rotatable bonds is 3. The quantitative estimate of drug-likeness (QED) is 0.857. The molecule has 1 aromatic carbocycles. The number of halogens is 3. The van der Waals surface area contributed by atoms with Crippen molar-refractivity contribution in [1.82, 2.24) is 9.55 Å². The van der Waals surface area contributed by atoms with E-state index in [1.54, 1.807) is 29.7 Å². The van der Waals surface area contributed by atoms with E-state index in [9.17, 15) is 13.2 Å². The molecule has 0 amide bonds. The molecule has 0 spiro atoms. The number of nitrogens with zero attached hydrogens (tertiary/aromatic N) is 2. The molecule has 0 unspecified atom stereocenters. The molecular weight excluding hydrogens is 243 g/mol. The number of nitrogens with two attached hydrogens (primary N) is 1. The van der Waals surface area contributed by atoms with Gasteiger partial charge in [0, 0.05) is 18.7 Å². The molecule has 3 nitrogen and oxygen atoms in total. The predicted molar refractivity (Wildman–Crippen MR) is 64.2 cm³/mol. The summed E-state index contributed by atoms with van der Waals surface area (Å²) in [6.45, 7) is 2.09. The third-order valence-corrected chi connectivity index (χ3v) is 2.81. The second-order valence-corrected chi connectivity index (χ2v) is 4.28. The molecule has 0 atom stereocenters. The van der Waals surface area contributed by atoms with Gasteiger partial charge in [0.1, 0.15) is 5.82 Å². The Morgan fingerprint density at radius 3 is 2.72 bits per heavy atom. The summed E-state index contributed by atoms with van der Waals surface area (Å²) >= 11 is 0. The number of fused-ring (bicyclic) bond motifs is 1. The average Bonchev–Trinajstić information content (AvgIpc) is 2.52. The SMILES string of the molecule is Cc1nc2cc(N)ccc2n1CCCC(F)(F)F. The van der Waals surface area contributed by atoms with Crippen LogP contribution in [0.3, 0.4) is 0 Å². The van der Waals surface area contributed by atoms with Crippen molar-refractivity contribution in [2.45, 2.75) is 32.5 Å². The van der Waals surface area contributed by atoms with E-state index in [-0.39, 0.29) is 6.42 Å². The number of hydrogen-bond donors (Lipinski definition) is 1. The predicted octanol–water partition coefficient (Wildman–Crippen LogP) is 3.27. The Morgan fingerprint density at radius 1 is 1.33 bits per heavy atom. The molecule has 0 aliphatic heterocycles. The molecule has 2 N–H and O–H groups in total. The summed E-state index contributed by atoms with van der Waals surface area (Å²) in [5.74, 6) is 0.706. The van der Waals surface area contributed by atoms with E-state index in [1.165, 1.54) is 0 Å². The number of nitrogen functional groups attached to an aromatic ring is 1. The molecule has 0 fully saturated rings. The van der Waals surface area contributed by atoms with Gasteiger partial charge in [0.25, 0.3) is 0 Å². The first kappa shape index (κ1) is 12.7. The van der Waals surface area contributed by atoms with Crippen molar-refractivity contribution in [3.8, 4) is 0 Å². The Morgan fingerprint density at radius 2 is 2.06 bits per heavy atom. The first-order chi connectivity index (χ1) is 8.37. The number of aryl methyl sites for hydroxylation is 2. The van der Waals surface area contributed by atoms with Crippen molar-refractivity contribution < 1.29 is 13.2 Å². The Balaban J connectivity index is 2.20. The molecule has 1 aromatic heterocycles. The second kappa shape index (κ2) is 4.51. The zero-order valence-electron chi connectivity index (χ0n) is 9.96. The van der Waals surface area contributed by atoms with Crippen molar-refractivity contribution in [3.05, 3.63) is 24.0 Å². The highest BCUT2D eigenvalue weighted by Crippen LogP contribution is 2.24. The summed E-state index contributed by atoms with van der Waals surface area (Å²) in [6.07, 6.45) is -4.82. The number of alkyl halides is 3. The Hall–Kier alpha value is -1.72. The van der Waals surface area contributed by atoms with Crippen molar-refractivity contribution in [2.75, 3.05) is 5.73 Å². The number of benzene rings is 1. The van der Waals surface area contributed by atoms with Gasteiger partial charge in [-0.15, -0.1) is 0 Å². The topological polar surface area (TPSA) is 43.8 Å². The van der Waals surface area contributed by atoms with Gasteiger partial charge in [-0.05, 0) is 31.5 Å². The minimum absolute atomic E-state index is 0.0557. The summed E-state index contributed by atoms with van der Waals surface area (Å²) in [4.78, 5) is 4.29. The van der Waals surface area contributed by atoms with Crippen LogP contribution < -0.4 is 5.73 Å². The van der Waals surface area contributed by atoms with E-state index in [0.717, 1.165) is 11.0 Å². The van der Waals surface area contributed by atoms with Crippen molar-refractivity contribution in [3.63, 3.8) is 0 Å². The highest BCUT2D eigenvalue weighted by Gasteiger charge is 2.26. The molecule has 1 heterocycles. The number of hydrogen-bond acceptors (Lipinski definition) is 2. The molecule has 2 rings (SSSR count). The van der Waals surface area contributed by atoms with Crippen molar-refractivity contribution in [1.29, 1.82) is 0 Å². The van der Waals surface area contributed by atoms with Crippen LogP contribution in [0.4, 0.5) is 18.9 Å². The van der Waals surface area contributed by atoms with Crippen LogP contribution in [0.15, 0.2) is 18.2 Å². The van der Waals surface area contributed by atoms with Crippen LogP contribution in [-0.4, -0.2) is 15.7 Å². The highest BCUT2D eigenvalue weighted by atomic mass is 19.4. The molecule has 0 bridgehead atoms. The van der Waals surface area contributed by atoms with Crippen LogP contribution in [-0.2, 0) is 6.54 Å². The standard InChI is InChI=1S/C12H14F3N3/c1-8-17-10-7-9(16)3-4-11(10)18(8)6-2-5-12(13,14)15/h3-4,7H,2,5-6,16H2,1H3. The van der Waals surface area contributed by atoms with Crippen LogP contribution in [0, 0.1) is 6.92 Å². The van der Waals surface area contributed by atoms with Crippen LogP contribution >= 0.6 is 0 Å². The normalized spacial score (nSPS) is 12.2. The third kappa shape index (κ3) is 2.75. The fourth-order valence-electron chi connectivity index (χ4n) is 1.99. The first-order valence-electron chi connectivity index (χ1n) is 5.66. The largest absolute Gasteiger partial charge is 0.399 e. The molecule has 0 aliphatic carbocycles. The minimum Gasteiger partial charge on any atom is -0.399 e. The first-order valence-corrected chi connectivity index (χ1v) is 5.66. The van der Waals surface area contributed by atoms with Gasteiger partial charge in [0.15, 0.2) is 0 Å². The zero-order chi connectivity index (χ0) is 13.3. The van der Waals surface area contributed by atoms with Crippen LogP contribution in [0.25, 0.3) is 11.0 Å². The lowest BCUT2D eigenvalue weighted by molar-refractivity contribution is -0.135. The monoisotopic (exact) mass is 257 g/mol. The summed E-state index contributed by atoms with van der Waals surface area (Å²) in [6, 6.07) is 5.24. The number of imidazole rings is 1. The van der Waals surface area contributed by atoms with Gasteiger partial charge in [-0.3, -0.25) is 0 Å². The molecule has 0 aliphatic rings. The average molecular weight is 257 g/mol. The van der Waals surface area contributed by atoms with Gasteiger partial charge in [-0.1, -0.05) is 0 Å². The maximum atomic E-state index is 12.1. The zero-order valence-corrected chi connectivity index (χ0v) is 9.96. The maximum absolute atomic E-state index is 12.1. The Labute approximate surface area is 102 Å². The van der Waals surface area contributed by atoms with E-state index < -0.39 is 12.6 Å². The highest BCUT2D eigenvalue weighted by molar-refractivity contribution is 5.79. The van der Waals surface area contributed by atoms with Gasteiger partial charge in [0.05, 0.1) is 11.0 Å². The fraction of sp³-hybridized carbons (Fsp3) is 0.417. The molecule has 0 radical (unpaired) electrons. The van der Waals surface area contributed by atoms with Crippen LogP contribution in [0.5, 0.6) is 0 Å². The van der Waals surface area contributed by atoms with Gasteiger partial charge >= 0.3 is 6.18 Å². The van der Waals surface area contributed by atoms with Gasteiger partial charge in [0.2, 0.25) is 0 Å². The molecule has 0 saturated heterocycles. The Bertz CT molecular complexity index is 557. The van der Waals surface area contributed by atoms with E-state index in [0.29, 0.717) is 18.1 Å². The fourth-order valence-corrected chi connectivity index (χ4v) is 1.99. The van der Waals surface area contributed by atoms with E-state index >= 15 is 0 Å². The molecular formula is C12H14F3N3. The second-order valence-electron chi connectivity index (χ2n) is 4.28. The molecule has 0 saturated carbocycles. The lowest BCUT2D eigenvalue weighted by Gasteiger charge is -2.09. The van der Waals surface area contributed by atoms with Crippen molar-refractivity contribution >= 4 is 16.7 Å². The molecule has 18 heavy (non-hydrogen) atoms. The van der Waals surface area contributed by atoms with Gasteiger partial charge < -0.3 is 10.3 Å². The summed E-state index contributed by atoms with van der Waals surface area (Å²) in [5.41, 5.74) is 7.79. The lowest BCUT2D eigenvalue weighted by Crippen LogP contribution is -2.09. The smallest absolute Gasteiger partial charge is 0.389 e. The van der Waals surface area contributed by atoms with Gasteiger partial charge in [-0.25, -0.2) is 4.98 Å². The lowest BCUT2D eigenvalue weighted by atomic mass is 10.2. The van der Waals surface area contributed by atoms with E-state index in [2.05, 4.69) is 4.98 Å². The molecule has 2 aromatic rings. The summed E-state index contributed by atoms with van der Waals surface area (Å²) < 4.78 is 38.1. The Kier molecular flexibility index (Phi) is 3.19. The van der Waals surface area contributed by atoms with Crippen molar-refractivity contribution in [2.24, 2.45) is 0 Å². The summed E-state index contributed by atoms with van der Waals surface area (Å²) in [5, 5.41) is 0. The minimum atomic E-state index is -4.10.